The Morgan fingerprint density at radius 1 is 1.33 bits per heavy atom. The molecule has 1 aliphatic heterocycles. The van der Waals surface area contributed by atoms with E-state index in [0.29, 0.717) is 0 Å². The van der Waals surface area contributed by atoms with Crippen molar-refractivity contribution >= 4 is 18.2 Å². The summed E-state index contributed by atoms with van der Waals surface area (Å²) in [5, 5.41) is 0. The maximum atomic E-state index is 11.5. The van der Waals surface area contributed by atoms with Gasteiger partial charge in [-0.05, 0) is 39.0 Å². The average Bonchev–Trinajstić information content (AvgIpc) is 2.41. The van der Waals surface area contributed by atoms with Crippen LogP contribution in [-0.4, -0.2) is 43.1 Å². The predicted octanol–water partition coefficient (Wildman–Crippen LogP) is 2.93. The number of Topliss-reactive ketones (excluding diaryl/α,β-unsaturated/α-hetero) is 1. The van der Waals surface area contributed by atoms with E-state index < -0.39 is 0 Å². The number of ether oxygens (including phenoxy) is 2. The van der Waals surface area contributed by atoms with E-state index in [-0.39, 0.29) is 24.3 Å². The Balaban J connectivity index is 0.00000220. The molecule has 118 valence electrons. The van der Waals surface area contributed by atoms with Gasteiger partial charge in [0.15, 0.2) is 5.78 Å². The molecule has 1 fully saturated rings. The molecule has 5 heteroatoms. The van der Waals surface area contributed by atoms with Gasteiger partial charge in [-0.3, -0.25) is 9.69 Å². The molecule has 0 N–H and O–H groups in total. The van der Waals surface area contributed by atoms with E-state index in [0.717, 1.165) is 49.7 Å². The highest BCUT2D eigenvalue weighted by Crippen LogP contribution is 2.24. The normalized spacial score (nSPS) is 15.6. The number of carbonyl (C=O) groups is 1. The number of hydrogen-bond acceptors (Lipinski definition) is 4. The van der Waals surface area contributed by atoms with Gasteiger partial charge in [-0.15, -0.1) is 12.4 Å². The van der Waals surface area contributed by atoms with E-state index in [1.807, 2.05) is 32.0 Å². The number of nitrogens with zero attached hydrogens (tertiary/aromatic N) is 1. The van der Waals surface area contributed by atoms with Crippen LogP contribution in [0.25, 0.3) is 0 Å². The summed E-state index contributed by atoms with van der Waals surface area (Å²) in [4.78, 5) is 13.9. The minimum Gasteiger partial charge on any atom is -0.491 e. The van der Waals surface area contributed by atoms with Crippen LogP contribution in [0.15, 0.2) is 18.2 Å². The molecular formula is C16H24ClNO3. The van der Waals surface area contributed by atoms with E-state index in [1.54, 1.807) is 6.92 Å². The van der Waals surface area contributed by atoms with Crippen LogP contribution in [-0.2, 0) is 11.3 Å². The lowest BCUT2D eigenvalue weighted by atomic mass is 10.1. The third-order valence-electron chi connectivity index (χ3n) is 3.33. The fourth-order valence-electron chi connectivity index (χ4n) is 2.29. The van der Waals surface area contributed by atoms with Crippen molar-refractivity contribution in [3.05, 3.63) is 29.3 Å². The van der Waals surface area contributed by atoms with Gasteiger partial charge in [0.25, 0.3) is 0 Å². The van der Waals surface area contributed by atoms with Gasteiger partial charge in [-0.1, -0.05) is 0 Å². The smallest absolute Gasteiger partial charge is 0.159 e. The van der Waals surface area contributed by atoms with Gasteiger partial charge in [-0.2, -0.15) is 0 Å². The summed E-state index contributed by atoms with van der Waals surface area (Å²) in [6.07, 6.45) is 0.126. The zero-order valence-electron chi connectivity index (χ0n) is 12.9. The van der Waals surface area contributed by atoms with Crippen LogP contribution >= 0.6 is 12.4 Å². The first-order valence-corrected chi connectivity index (χ1v) is 7.17. The van der Waals surface area contributed by atoms with Gasteiger partial charge in [0.1, 0.15) is 5.75 Å². The molecule has 0 aliphatic carbocycles. The zero-order chi connectivity index (χ0) is 14.5. The second-order valence-corrected chi connectivity index (χ2v) is 5.43. The van der Waals surface area contributed by atoms with Crippen LogP contribution in [0.1, 0.15) is 36.7 Å². The standard InChI is InChI=1S/C16H23NO3.ClH/c1-12(2)20-16-5-4-14(13(3)18)10-15(16)11-17-6-8-19-9-7-17;/h4-5,10,12H,6-9,11H2,1-3H3;1H. The summed E-state index contributed by atoms with van der Waals surface area (Å²) >= 11 is 0. The highest BCUT2D eigenvalue weighted by Gasteiger charge is 2.15. The van der Waals surface area contributed by atoms with Crippen molar-refractivity contribution in [3.8, 4) is 5.75 Å². The molecule has 0 amide bonds. The minimum atomic E-state index is 0. The van der Waals surface area contributed by atoms with E-state index in [1.165, 1.54) is 0 Å². The first-order valence-electron chi connectivity index (χ1n) is 7.17. The summed E-state index contributed by atoms with van der Waals surface area (Å²) in [7, 11) is 0. The fourth-order valence-corrected chi connectivity index (χ4v) is 2.29. The number of morpholine rings is 1. The molecule has 0 atom stereocenters. The molecular weight excluding hydrogens is 290 g/mol. The topological polar surface area (TPSA) is 38.8 Å². The van der Waals surface area contributed by atoms with E-state index in [2.05, 4.69) is 4.90 Å². The van der Waals surface area contributed by atoms with Crippen molar-refractivity contribution in [1.82, 2.24) is 4.90 Å². The van der Waals surface area contributed by atoms with Crippen LogP contribution in [0.2, 0.25) is 0 Å². The van der Waals surface area contributed by atoms with E-state index in [9.17, 15) is 4.79 Å². The van der Waals surface area contributed by atoms with Crippen LogP contribution in [0.5, 0.6) is 5.75 Å². The molecule has 4 nitrogen and oxygen atoms in total. The summed E-state index contributed by atoms with van der Waals surface area (Å²) in [6.45, 7) is 9.80. The Kier molecular flexibility index (Phi) is 7.15. The lowest BCUT2D eigenvalue weighted by molar-refractivity contribution is 0.0336. The fraction of sp³-hybridized carbons (Fsp3) is 0.562. The van der Waals surface area contributed by atoms with Crippen LogP contribution in [0.4, 0.5) is 0 Å². The largest absolute Gasteiger partial charge is 0.491 e. The molecule has 1 aromatic rings. The van der Waals surface area contributed by atoms with Gasteiger partial charge in [-0.25, -0.2) is 0 Å². The Labute approximate surface area is 132 Å². The number of carbonyl (C=O) groups excluding carboxylic acids is 1. The molecule has 0 spiro atoms. The Hall–Kier alpha value is -1.10. The molecule has 1 heterocycles. The van der Waals surface area contributed by atoms with Gasteiger partial charge in [0.2, 0.25) is 0 Å². The summed E-state index contributed by atoms with van der Waals surface area (Å²) in [5.74, 6) is 0.959. The molecule has 21 heavy (non-hydrogen) atoms. The summed E-state index contributed by atoms with van der Waals surface area (Å²) in [5.41, 5.74) is 1.82. The monoisotopic (exact) mass is 313 g/mol. The van der Waals surface area contributed by atoms with Crippen LogP contribution in [0.3, 0.4) is 0 Å². The maximum absolute atomic E-state index is 11.5. The van der Waals surface area contributed by atoms with Gasteiger partial charge >= 0.3 is 0 Å². The van der Waals surface area contributed by atoms with Gasteiger partial charge < -0.3 is 9.47 Å². The van der Waals surface area contributed by atoms with Crippen LogP contribution < -0.4 is 4.74 Å². The van der Waals surface area contributed by atoms with Crippen LogP contribution in [0, 0.1) is 0 Å². The second-order valence-electron chi connectivity index (χ2n) is 5.43. The SMILES string of the molecule is CC(=O)c1ccc(OC(C)C)c(CN2CCOCC2)c1.Cl. The summed E-state index contributed by atoms with van der Waals surface area (Å²) in [6, 6.07) is 5.70. The highest BCUT2D eigenvalue weighted by molar-refractivity contribution is 5.94. The lowest BCUT2D eigenvalue weighted by Crippen LogP contribution is -2.35. The third kappa shape index (κ3) is 5.30. The van der Waals surface area contributed by atoms with Crippen molar-refractivity contribution in [3.63, 3.8) is 0 Å². The summed E-state index contributed by atoms with van der Waals surface area (Å²) < 4.78 is 11.2. The molecule has 1 saturated heterocycles. The second kappa shape index (κ2) is 8.37. The molecule has 0 saturated carbocycles. The van der Waals surface area contributed by atoms with Crippen molar-refractivity contribution in [2.24, 2.45) is 0 Å². The molecule has 0 unspecified atom stereocenters. The van der Waals surface area contributed by atoms with Gasteiger partial charge in [0.05, 0.1) is 19.3 Å². The Morgan fingerprint density at radius 2 is 2.00 bits per heavy atom. The lowest BCUT2D eigenvalue weighted by Gasteiger charge is -2.27. The third-order valence-corrected chi connectivity index (χ3v) is 3.33. The highest BCUT2D eigenvalue weighted by atomic mass is 35.5. The number of hydrogen-bond donors (Lipinski definition) is 0. The predicted molar refractivity (Wildman–Crippen MR) is 85.6 cm³/mol. The number of benzene rings is 1. The number of halogens is 1. The van der Waals surface area contributed by atoms with E-state index >= 15 is 0 Å². The van der Waals surface area contributed by atoms with Crippen molar-refractivity contribution in [2.45, 2.75) is 33.4 Å². The quantitative estimate of drug-likeness (QED) is 0.784. The van der Waals surface area contributed by atoms with Crippen molar-refractivity contribution in [1.29, 1.82) is 0 Å². The molecule has 0 radical (unpaired) electrons. The average molecular weight is 314 g/mol. The van der Waals surface area contributed by atoms with Crippen molar-refractivity contribution < 1.29 is 14.3 Å². The molecule has 2 rings (SSSR count). The molecule has 1 aliphatic rings. The minimum absolute atomic E-state index is 0. The van der Waals surface area contributed by atoms with Crippen molar-refractivity contribution in [2.75, 3.05) is 26.3 Å². The Bertz CT molecular complexity index is 471. The first-order chi connectivity index (χ1) is 9.56. The van der Waals surface area contributed by atoms with Gasteiger partial charge in [0, 0.05) is 30.8 Å². The first kappa shape index (κ1) is 18.0. The molecule has 0 bridgehead atoms. The molecule has 0 aromatic heterocycles. The maximum Gasteiger partial charge on any atom is 0.159 e. The molecule has 1 aromatic carbocycles. The number of rotatable bonds is 5. The Morgan fingerprint density at radius 3 is 2.57 bits per heavy atom. The number of ketones is 1. The zero-order valence-corrected chi connectivity index (χ0v) is 13.7. The van der Waals surface area contributed by atoms with E-state index in [4.69, 9.17) is 9.47 Å².